The van der Waals surface area contributed by atoms with Crippen molar-refractivity contribution in [2.45, 2.75) is 32.0 Å². The highest BCUT2D eigenvalue weighted by Crippen LogP contribution is 2.28. The minimum Gasteiger partial charge on any atom is -0.481 e. The van der Waals surface area contributed by atoms with E-state index in [1.807, 2.05) is 24.3 Å². The Labute approximate surface area is 167 Å². The highest BCUT2D eigenvalue weighted by Gasteiger charge is 2.37. The maximum atomic E-state index is 13.0. The van der Waals surface area contributed by atoms with Gasteiger partial charge in [0.15, 0.2) is 6.10 Å². The first-order valence-electron chi connectivity index (χ1n) is 8.47. The molecular formula is C20H19Cl2NO4. The van der Waals surface area contributed by atoms with Crippen LogP contribution in [-0.2, 0) is 27.3 Å². The lowest BCUT2D eigenvalue weighted by Crippen LogP contribution is -2.52. The number of fused-ring (bicyclic) bond motifs is 1. The molecule has 0 aliphatic carbocycles. The van der Waals surface area contributed by atoms with Gasteiger partial charge >= 0.3 is 5.97 Å². The second-order valence-corrected chi connectivity index (χ2v) is 7.13. The van der Waals surface area contributed by atoms with Crippen molar-refractivity contribution >= 4 is 35.1 Å². The third-order valence-corrected chi connectivity index (χ3v) is 5.30. The number of amides is 1. The first kappa shape index (κ1) is 19.5. The quantitative estimate of drug-likeness (QED) is 0.721. The molecule has 5 nitrogen and oxygen atoms in total. The fourth-order valence-corrected chi connectivity index (χ4v) is 3.43. The third kappa shape index (κ3) is 4.20. The molecule has 1 heterocycles. The Bertz CT molecular complexity index is 871. The van der Waals surface area contributed by atoms with Crippen molar-refractivity contribution in [3.63, 3.8) is 0 Å². The van der Waals surface area contributed by atoms with Crippen LogP contribution in [-0.4, -0.2) is 36.0 Å². The predicted octanol–water partition coefficient (Wildman–Crippen LogP) is 3.89. The van der Waals surface area contributed by atoms with E-state index in [2.05, 4.69) is 0 Å². The molecule has 142 valence electrons. The Morgan fingerprint density at radius 1 is 1.11 bits per heavy atom. The van der Waals surface area contributed by atoms with Gasteiger partial charge in [0, 0.05) is 19.0 Å². The summed E-state index contributed by atoms with van der Waals surface area (Å²) < 4.78 is 10.6. The van der Waals surface area contributed by atoms with Crippen molar-refractivity contribution in [1.29, 1.82) is 0 Å². The number of esters is 1. The zero-order valence-electron chi connectivity index (χ0n) is 14.9. The number of halogens is 2. The first-order chi connectivity index (χ1) is 12.9. The van der Waals surface area contributed by atoms with Crippen LogP contribution in [0.25, 0.3) is 0 Å². The van der Waals surface area contributed by atoms with Gasteiger partial charge in [0.05, 0.1) is 17.2 Å². The number of carbonyl (C=O) groups is 2. The second-order valence-electron chi connectivity index (χ2n) is 6.31. The van der Waals surface area contributed by atoms with Gasteiger partial charge in [0.1, 0.15) is 11.8 Å². The molecule has 2 atom stereocenters. The summed E-state index contributed by atoms with van der Waals surface area (Å²) in [5.74, 6) is -0.317. The molecule has 7 heteroatoms. The first-order valence-corrected chi connectivity index (χ1v) is 9.23. The van der Waals surface area contributed by atoms with E-state index in [0.29, 0.717) is 28.8 Å². The van der Waals surface area contributed by atoms with Crippen molar-refractivity contribution in [3.8, 4) is 5.75 Å². The van der Waals surface area contributed by atoms with E-state index in [1.54, 1.807) is 25.1 Å². The van der Waals surface area contributed by atoms with Crippen LogP contribution in [0.2, 0.25) is 10.0 Å². The van der Waals surface area contributed by atoms with Gasteiger partial charge in [-0.1, -0.05) is 47.5 Å². The summed E-state index contributed by atoms with van der Waals surface area (Å²) in [7, 11) is 1.32. The second kappa shape index (κ2) is 8.19. The fraction of sp³-hybridized carbons (Fsp3) is 0.300. The van der Waals surface area contributed by atoms with Crippen molar-refractivity contribution < 1.29 is 19.1 Å². The van der Waals surface area contributed by atoms with E-state index < -0.39 is 18.1 Å². The summed E-state index contributed by atoms with van der Waals surface area (Å²) in [6.45, 7) is 1.96. The molecule has 0 spiro atoms. The maximum absolute atomic E-state index is 13.0. The number of ether oxygens (including phenoxy) is 2. The van der Waals surface area contributed by atoms with Gasteiger partial charge in [-0.05, 0) is 30.2 Å². The number of benzene rings is 2. The van der Waals surface area contributed by atoms with Crippen molar-refractivity contribution in [3.05, 3.63) is 63.6 Å². The molecule has 0 aromatic heterocycles. The van der Waals surface area contributed by atoms with Crippen LogP contribution in [0.15, 0.2) is 42.5 Å². The summed E-state index contributed by atoms with van der Waals surface area (Å²) >= 11 is 11.9. The number of hydrogen-bond donors (Lipinski definition) is 0. The highest BCUT2D eigenvalue weighted by atomic mass is 35.5. The Morgan fingerprint density at radius 2 is 1.81 bits per heavy atom. The number of methoxy groups -OCH3 is 1. The largest absolute Gasteiger partial charge is 0.481 e. The Kier molecular flexibility index (Phi) is 5.92. The predicted molar refractivity (Wildman–Crippen MR) is 103 cm³/mol. The summed E-state index contributed by atoms with van der Waals surface area (Å²) in [4.78, 5) is 26.8. The van der Waals surface area contributed by atoms with Crippen LogP contribution in [0.1, 0.15) is 18.1 Å². The van der Waals surface area contributed by atoms with Gasteiger partial charge < -0.3 is 14.4 Å². The molecule has 2 unspecified atom stereocenters. The van der Waals surface area contributed by atoms with E-state index in [0.717, 1.165) is 11.1 Å². The number of hydrogen-bond acceptors (Lipinski definition) is 4. The Balaban J connectivity index is 1.81. The zero-order valence-corrected chi connectivity index (χ0v) is 16.5. The van der Waals surface area contributed by atoms with E-state index in [-0.39, 0.29) is 5.91 Å². The summed E-state index contributed by atoms with van der Waals surface area (Å²) in [5.41, 5.74) is 2.04. The normalized spacial score (nSPS) is 17.0. The zero-order chi connectivity index (χ0) is 19.6. The topological polar surface area (TPSA) is 55.8 Å². The molecule has 0 saturated heterocycles. The van der Waals surface area contributed by atoms with E-state index >= 15 is 0 Å². The molecule has 1 aliphatic heterocycles. The molecule has 27 heavy (non-hydrogen) atoms. The van der Waals surface area contributed by atoms with Crippen LogP contribution < -0.4 is 4.74 Å². The van der Waals surface area contributed by atoms with Crippen LogP contribution in [0, 0.1) is 0 Å². The van der Waals surface area contributed by atoms with Crippen LogP contribution in [0.3, 0.4) is 0 Å². The summed E-state index contributed by atoms with van der Waals surface area (Å²) in [6, 6.07) is 11.9. The van der Waals surface area contributed by atoms with Crippen molar-refractivity contribution in [2.75, 3.05) is 7.11 Å². The SMILES string of the molecule is COC(=O)C1Cc2ccccc2CN1C(=O)C(C)Oc1ccc(Cl)c(Cl)c1. The third-order valence-electron chi connectivity index (χ3n) is 4.56. The fourth-order valence-electron chi connectivity index (χ4n) is 3.14. The molecule has 3 rings (SSSR count). The monoisotopic (exact) mass is 407 g/mol. The van der Waals surface area contributed by atoms with Crippen molar-refractivity contribution in [1.82, 2.24) is 4.90 Å². The van der Waals surface area contributed by atoms with Crippen LogP contribution in [0.4, 0.5) is 0 Å². The van der Waals surface area contributed by atoms with E-state index in [1.165, 1.54) is 12.0 Å². The molecule has 0 N–H and O–H groups in total. The van der Waals surface area contributed by atoms with Gasteiger partial charge in [-0.3, -0.25) is 4.79 Å². The van der Waals surface area contributed by atoms with Crippen LogP contribution in [0.5, 0.6) is 5.75 Å². The lowest BCUT2D eigenvalue weighted by molar-refractivity contribution is -0.156. The van der Waals surface area contributed by atoms with Crippen molar-refractivity contribution in [2.24, 2.45) is 0 Å². The smallest absolute Gasteiger partial charge is 0.328 e. The molecule has 0 radical (unpaired) electrons. The average Bonchev–Trinajstić information content (AvgIpc) is 2.68. The van der Waals surface area contributed by atoms with E-state index in [4.69, 9.17) is 32.7 Å². The molecule has 1 aliphatic rings. The minimum absolute atomic E-state index is 0.300. The van der Waals surface area contributed by atoms with Gasteiger partial charge in [0.2, 0.25) is 0 Å². The Hall–Kier alpha value is -2.24. The van der Waals surface area contributed by atoms with Gasteiger partial charge in [0.25, 0.3) is 5.91 Å². The molecular weight excluding hydrogens is 389 g/mol. The lowest BCUT2D eigenvalue weighted by atomic mass is 9.93. The summed E-state index contributed by atoms with van der Waals surface area (Å²) in [6.07, 6.45) is -0.395. The van der Waals surface area contributed by atoms with Gasteiger partial charge in [-0.2, -0.15) is 0 Å². The average molecular weight is 408 g/mol. The Morgan fingerprint density at radius 3 is 2.48 bits per heavy atom. The number of rotatable bonds is 4. The van der Waals surface area contributed by atoms with Gasteiger partial charge in [-0.15, -0.1) is 0 Å². The summed E-state index contributed by atoms with van der Waals surface area (Å²) in [5, 5.41) is 0.745. The lowest BCUT2D eigenvalue weighted by Gasteiger charge is -2.36. The minimum atomic E-state index is -0.806. The number of nitrogens with zero attached hydrogens (tertiary/aromatic N) is 1. The molecule has 0 bridgehead atoms. The van der Waals surface area contributed by atoms with E-state index in [9.17, 15) is 9.59 Å². The number of carbonyl (C=O) groups excluding carboxylic acids is 2. The maximum Gasteiger partial charge on any atom is 0.328 e. The standard InChI is InChI=1S/C20H19Cl2NO4/c1-12(27-15-7-8-16(21)17(22)10-15)19(24)23-11-14-6-4-3-5-13(14)9-18(23)20(25)26-2/h3-8,10,12,18H,9,11H2,1-2H3. The molecule has 2 aromatic carbocycles. The van der Waals surface area contributed by atoms with Gasteiger partial charge in [-0.25, -0.2) is 4.79 Å². The molecule has 1 amide bonds. The molecule has 0 saturated carbocycles. The van der Waals surface area contributed by atoms with Crippen LogP contribution >= 0.6 is 23.2 Å². The molecule has 0 fully saturated rings. The molecule has 2 aromatic rings. The highest BCUT2D eigenvalue weighted by molar-refractivity contribution is 6.42.